The minimum Gasteiger partial charge on any atom is -0.299 e. The van der Waals surface area contributed by atoms with Crippen LogP contribution in [0.25, 0.3) is 0 Å². The Hall–Kier alpha value is -0.701. The van der Waals surface area contributed by atoms with E-state index in [0.717, 1.165) is 5.69 Å². The van der Waals surface area contributed by atoms with E-state index in [1.54, 1.807) is 0 Å². The van der Waals surface area contributed by atoms with E-state index in [2.05, 4.69) is 18.4 Å². The Morgan fingerprint density at radius 1 is 1.07 bits per heavy atom. The maximum absolute atomic E-state index is 7.50. The maximum atomic E-state index is 7.50. The zero-order valence-electron chi connectivity index (χ0n) is 7.34. The van der Waals surface area contributed by atoms with Gasteiger partial charge < -0.3 is 0 Å². The Bertz CT molecular complexity index is 217. The molecule has 0 amide bonds. The third-order valence-electron chi connectivity index (χ3n) is 1.16. The molecule has 77 valence electrons. The second kappa shape index (κ2) is 14.8. The van der Waals surface area contributed by atoms with Gasteiger partial charge in [0.05, 0.1) is 0 Å². The molecule has 1 rings (SSSR count). The van der Waals surface area contributed by atoms with Crippen LogP contribution in [-0.2, 0) is 29.7 Å². The summed E-state index contributed by atoms with van der Waals surface area (Å²) >= 11 is 5.33. The summed E-state index contributed by atoms with van der Waals surface area (Å²) in [6, 6.07) is 7.88. The number of carbonyl (C=O) groups excluding carboxylic acids is 2. The number of nitrogens with one attached hydrogen (secondary N) is 1. The van der Waals surface area contributed by atoms with Crippen LogP contribution >= 0.6 is 11.8 Å². The van der Waals surface area contributed by atoms with Crippen LogP contribution in [0.15, 0.2) is 24.3 Å². The SMILES string of the molecule is Cc1ccc(NCl)cc1.[C]=O.[C]=O.[Ir]. The van der Waals surface area contributed by atoms with Gasteiger partial charge >= 0.3 is 0 Å². The molecule has 0 fully saturated rings. The first-order valence-electron chi connectivity index (χ1n) is 3.17. The van der Waals surface area contributed by atoms with Crippen LogP contribution in [0.2, 0.25) is 0 Å². The van der Waals surface area contributed by atoms with E-state index in [-0.39, 0.29) is 20.1 Å². The Morgan fingerprint density at radius 2 is 1.43 bits per heavy atom. The first kappa shape index (κ1) is 19.0. The van der Waals surface area contributed by atoms with Crippen LogP contribution in [0.3, 0.4) is 0 Å². The Labute approximate surface area is 102 Å². The van der Waals surface area contributed by atoms with Gasteiger partial charge in [-0.1, -0.05) is 17.7 Å². The van der Waals surface area contributed by atoms with Crippen molar-refractivity contribution in [2.75, 3.05) is 4.84 Å². The zero-order valence-corrected chi connectivity index (χ0v) is 10.5. The molecule has 1 aromatic rings. The van der Waals surface area contributed by atoms with Gasteiger partial charge in [0.15, 0.2) is 0 Å². The average molecular weight is 390 g/mol. The molecule has 0 unspecified atom stereocenters. The van der Waals surface area contributed by atoms with E-state index in [4.69, 9.17) is 21.4 Å². The molecule has 0 atom stereocenters. The molecule has 5 heteroatoms. The summed E-state index contributed by atoms with van der Waals surface area (Å²) in [5, 5.41) is 0. The predicted octanol–water partition coefficient (Wildman–Crippen LogP) is 1.76. The first-order valence-corrected chi connectivity index (χ1v) is 3.55. The van der Waals surface area contributed by atoms with Crippen molar-refractivity contribution in [3.63, 3.8) is 0 Å². The van der Waals surface area contributed by atoms with Crippen molar-refractivity contribution in [1.29, 1.82) is 0 Å². The summed E-state index contributed by atoms with van der Waals surface area (Å²) in [6.07, 6.45) is 0. The minimum atomic E-state index is 0. The summed E-state index contributed by atoms with van der Waals surface area (Å²) in [5.41, 5.74) is 2.17. The molecule has 0 aliphatic rings. The van der Waals surface area contributed by atoms with Gasteiger partial charge in [0, 0.05) is 37.6 Å². The summed E-state index contributed by atoms with van der Waals surface area (Å²) < 4.78 is 0. The zero-order chi connectivity index (χ0) is 10.7. The van der Waals surface area contributed by atoms with Gasteiger partial charge in [0.1, 0.15) is 0 Å². The third kappa shape index (κ3) is 9.39. The molecule has 3 nitrogen and oxygen atoms in total. The molecule has 0 aliphatic carbocycles. The number of hydrogen-bond donors (Lipinski definition) is 1. The standard InChI is InChI=1S/C7H8ClN.2CO.Ir/c1-6-2-4-7(9-8)5-3-6;2*1-2;/h2-5,9H,1H3;;;. The topological polar surface area (TPSA) is 46.2 Å². The summed E-state index contributed by atoms with van der Waals surface area (Å²) in [4.78, 5) is 17.5. The molecule has 1 aromatic carbocycles. The average Bonchev–Trinajstić information content (AvgIpc) is 2.25. The van der Waals surface area contributed by atoms with Crippen molar-refractivity contribution in [2.45, 2.75) is 6.92 Å². The smallest absolute Gasteiger partial charge is 0.281 e. The van der Waals surface area contributed by atoms with Crippen LogP contribution in [-0.4, -0.2) is 13.6 Å². The van der Waals surface area contributed by atoms with Gasteiger partial charge in [0.2, 0.25) is 0 Å². The molecule has 14 heavy (non-hydrogen) atoms. The quantitative estimate of drug-likeness (QED) is 0.745. The molecule has 1 N–H and O–H groups in total. The largest absolute Gasteiger partial charge is 0.299 e. The third-order valence-corrected chi connectivity index (χ3v) is 1.38. The molecule has 0 aliphatic heterocycles. The van der Waals surface area contributed by atoms with Crippen LogP contribution in [0.1, 0.15) is 5.56 Å². The minimum absolute atomic E-state index is 0. The molecule has 0 heterocycles. The molecule has 5 radical (unpaired) electrons. The number of hydrogen-bond acceptors (Lipinski definition) is 3. The number of halogens is 1. The van der Waals surface area contributed by atoms with Crippen molar-refractivity contribution in [1.82, 2.24) is 0 Å². The van der Waals surface area contributed by atoms with Crippen molar-refractivity contribution in [3.05, 3.63) is 29.8 Å². The number of benzene rings is 1. The Morgan fingerprint density at radius 3 is 1.71 bits per heavy atom. The fraction of sp³-hybridized carbons (Fsp3) is 0.111. The van der Waals surface area contributed by atoms with Crippen molar-refractivity contribution in [2.24, 2.45) is 0 Å². The number of rotatable bonds is 1. The second-order valence-corrected chi connectivity index (χ2v) is 2.15. The Balaban J connectivity index is -0.000000216. The van der Waals surface area contributed by atoms with Gasteiger partial charge in [0.25, 0.3) is 13.6 Å². The molecular weight excluding hydrogens is 382 g/mol. The maximum Gasteiger partial charge on any atom is 0.281 e. The van der Waals surface area contributed by atoms with Crippen LogP contribution in [0.4, 0.5) is 5.69 Å². The van der Waals surface area contributed by atoms with Gasteiger partial charge in [-0.2, -0.15) is 0 Å². The van der Waals surface area contributed by atoms with E-state index in [9.17, 15) is 0 Å². The van der Waals surface area contributed by atoms with Gasteiger partial charge in [-0.3, -0.25) is 14.4 Å². The molecule has 0 bridgehead atoms. The number of anilines is 1. The van der Waals surface area contributed by atoms with Gasteiger partial charge in [-0.15, -0.1) is 0 Å². The first-order chi connectivity index (χ1) is 6.33. The van der Waals surface area contributed by atoms with Crippen molar-refractivity contribution in [3.8, 4) is 0 Å². The van der Waals surface area contributed by atoms with Gasteiger partial charge in [-0.25, -0.2) is 0 Å². The number of aryl methyl sites for hydroxylation is 1. The van der Waals surface area contributed by atoms with Crippen LogP contribution in [0.5, 0.6) is 0 Å². The predicted molar refractivity (Wildman–Crippen MR) is 52.0 cm³/mol. The van der Waals surface area contributed by atoms with E-state index in [1.165, 1.54) is 5.56 Å². The molecule has 0 spiro atoms. The van der Waals surface area contributed by atoms with E-state index < -0.39 is 0 Å². The molecule has 0 saturated heterocycles. The summed E-state index contributed by atoms with van der Waals surface area (Å²) in [5.74, 6) is 0. The summed E-state index contributed by atoms with van der Waals surface area (Å²) in [6.45, 7) is 11.0. The second-order valence-electron chi connectivity index (χ2n) is 1.96. The van der Waals surface area contributed by atoms with Crippen LogP contribution < -0.4 is 4.84 Å². The Kier molecular flexibility index (Phi) is 20.1. The fourth-order valence-corrected chi connectivity index (χ4v) is 0.743. The van der Waals surface area contributed by atoms with Crippen molar-refractivity contribution < 1.29 is 29.7 Å². The molecular formula is C9H8ClIrNO2. The van der Waals surface area contributed by atoms with Crippen LogP contribution in [0, 0.1) is 6.92 Å². The summed E-state index contributed by atoms with van der Waals surface area (Å²) in [7, 11) is 0. The monoisotopic (exact) mass is 390 g/mol. The molecule has 0 saturated carbocycles. The molecule has 0 aromatic heterocycles. The van der Waals surface area contributed by atoms with E-state index >= 15 is 0 Å². The van der Waals surface area contributed by atoms with E-state index in [0.29, 0.717) is 0 Å². The van der Waals surface area contributed by atoms with Crippen molar-refractivity contribution >= 4 is 31.0 Å². The van der Waals surface area contributed by atoms with Gasteiger partial charge in [-0.05, 0) is 19.1 Å². The van der Waals surface area contributed by atoms with E-state index in [1.807, 2.05) is 31.2 Å². The fourth-order valence-electron chi connectivity index (χ4n) is 0.617. The normalized spacial score (nSPS) is 6.43.